The Morgan fingerprint density at radius 3 is 3.12 bits per heavy atom. The number of anilines is 1. The molecular formula is C12H15FN4. The fraction of sp³-hybridized carbons (Fsp3) is 0.417. The van der Waals surface area contributed by atoms with Crippen LogP contribution in [0.25, 0.3) is 11.0 Å². The highest BCUT2D eigenvalue weighted by Crippen LogP contribution is 2.31. The highest BCUT2D eigenvalue weighted by Gasteiger charge is 2.28. The molecule has 3 rings (SSSR count). The fourth-order valence-electron chi connectivity index (χ4n) is 1.97. The van der Waals surface area contributed by atoms with Gasteiger partial charge in [0.25, 0.3) is 0 Å². The maximum atomic E-state index is 13.0. The van der Waals surface area contributed by atoms with E-state index in [2.05, 4.69) is 15.3 Å². The number of nitrogens with zero attached hydrogens (tertiary/aromatic N) is 1. The normalized spacial score (nSPS) is 17.3. The van der Waals surface area contributed by atoms with Crippen LogP contribution in [0.1, 0.15) is 12.8 Å². The van der Waals surface area contributed by atoms with Crippen molar-refractivity contribution in [2.75, 3.05) is 11.9 Å². The summed E-state index contributed by atoms with van der Waals surface area (Å²) in [4.78, 5) is 7.35. The topological polar surface area (TPSA) is 66.7 Å². The van der Waals surface area contributed by atoms with Gasteiger partial charge in [0.05, 0.1) is 11.0 Å². The van der Waals surface area contributed by atoms with Crippen molar-refractivity contribution in [2.45, 2.75) is 18.9 Å². The van der Waals surface area contributed by atoms with Crippen molar-refractivity contribution in [3.05, 3.63) is 24.0 Å². The minimum absolute atomic E-state index is 0.181. The first-order chi connectivity index (χ1) is 8.22. The van der Waals surface area contributed by atoms with E-state index in [1.807, 2.05) is 0 Å². The van der Waals surface area contributed by atoms with Gasteiger partial charge in [-0.05, 0) is 37.0 Å². The SMILES string of the molecule is NC(CNc1nc2ccc(F)cc2[nH]1)C1CC1. The first-order valence-corrected chi connectivity index (χ1v) is 5.87. The van der Waals surface area contributed by atoms with Gasteiger partial charge in [-0.1, -0.05) is 0 Å². The molecule has 4 N–H and O–H groups in total. The molecule has 1 aliphatic carbocycles. The van der Waals surface area contributed by atoms with Gasteiger partial charge in [-0.3, -0.25) is 0 Å². The summed E-state index contributed by atoms with van der Waals surface area (Å²) in [6.07, 6.45) is 2.46. The quantitative estimate of drug-likeness (QED) is 0.756. The number of halogens is 1. The summed E-state index contributed by atoms with van der Waals surface area (Å²) in [6.45, 7) is 0.701. The predicted molar refractivity (Wildman–Crippen MR) is 65.2 cm³/mol. The third-order valence-corrected chi connectivity index (χ3v) is 3.18. The summed E-state index contributed by atoms with van der Waals surface area (Å²) in [6, 6.07) is 4.68. The molecule has 0 saturated heterocycles. The van der Waals surface area contributed by atoms with Gasteiger partial charge in [-0.15, -0.1) is 0 Å². The Bertz CT molecular complexity index is 532. The van der Waals surface area contributed by atoms with Crippen LogP contribution < -0.4 is 11.1 Å². The van der Waals surface area contributed by atoms with E-state index in [-0.39, 0.29) is 11.9 Å². The maximum absolute atomic E-state index is 13.0. The van der Waals surface area contributed by atoms with E-state index in [1.54, 1.807) is 6.07 Å². The zero-order valence-corrected chi connectivity index (χ0v) is 9.41. The third kappa shape index (κ3) is 2.24. The number of H-pyrrole nitrogens is 1. The minimum atomic E-state index is -0.262. The number of aromatic nitrogens is 2. The Morgan fingerprint density at radius 1 is 1.53 bits per heavy atom. The van der Waals surface area contributed by atoms with Crippen LogP contribution >= 0.6 is 0 Å². The van der Waals surface area contributed by atoms with E-state index in [1.165, 1.54) is 25.0 Å². The molecular weight excluding hydrogens is 219 g/mol. The number of hydrogen-bond acceptors (Lipinski definition) is 3. The van der Waals surface area contributed by atoms with Crippen molar-refractivity contribution < 1.29 is 4.39 Å². The molecule has 0 bridgehead atoms. The van der Waals surface area contributed by atoms with Gasteiger partial charge < -0.3 is 16.0 Å². The van der Waals surface area contributed by atoms with Crippen molar-refractivity contribution in [3.63, 3.8) is 0 Å². The molecule has 5 heteroatoms. The van der Waals surface area contributed by atoms with Gasteiger partial charge in [0.15, 0.2) is 0 Å². The van der Waals surface area contributed by atoms with Crippen molar-refractivity contribution in [3.8, 4) is 0 Å². The minimum Gasteiger partial charge on any atom is -0.354 e. The lowest BCUT2D eigenvalue weighted by Gasteiger charge is -2.10. The summed E-state index contributed by atoms with van der Waals surface area (Å²) < 4.78 is 13.0. The van der Waals surface area contributed by atoms with E-state index < -0.39 is 0 Å². The lowest BCUT2D eigenvalue weighted by Crippen LogP contribution is -2.31. The van der Waals surface area contributed by atoms with Crippen molar-refractivity contribution >= 4 is 17.0 Å². The zero-order chi connectivity index (χ0) is 11.8. The van der Waals surface area contributed by atoms with Crippen LogP contribution in [-0.4, -0.2) is 22.6 Å². The second-order valence-corrected chi connectivity index (χ2v) is 4.63. The molecule has 1 aromatic heterocycles. The average Bonchev–Trinajstić information content (AvgIpc) is 3.07. The van der Waals surface area contributed by atoms with E-state index >= 15 is 0 Å². The number of rotatable bonds is 4. The number of aromatic amines is 1. The van der Waals surface area contributed by atoms with Crippen LogP contribution in [-0.2, 0) is 0 Å². The molecule has 1 aliphatic rings. The van der Waals surface area contributed by atoms with Crippen LogP contribution in [0.4, 0.5) is 10.3 Å². The molecule has 1 atom stereocenters. The van der Waals surface area contributed by atoms with Gasteiger partial charge >= 0.3 is 0 Å². The molecule has 90 valence electrons. The van der Waals surface area contributed by atoms with E-state index in [9.17, 15) is 4.39 Å². The summed E-state index contributed by atoms with van der Waals surface area (Å²) in [5.41, 5.74) is 7.44. The van der Waals surface area contributed by atoms with E-state index in [0.29, 0.717) is 23.9 Å². The molecule has 1 saturated carbocycles. The van der Waals surface area contributed by atoms with E-state index in [4.69, 9.17) is 5.73 Å². The second-order valence-electron chi connectivity index (χ2n) is 4.63. The third-order valence-electron chi connectivity index (χ3n) is 3.18. The Kier molecular flexibility index (Phi) is 2.48. The maximum Gasteiger partial charge on any atom is 0.201 e. The number of nitrogens with one attached hydrogen (secondary N) is 2. The van der Waals surface area contributed by atoms with Crippen molar-refractivity contribution in [2.24, 2.45) is 11.7 Å². The molecule has 1 aromatic carbocycles. The molecule has 17 heavy (non-hydrogen) atoms. The molecule has 1 heterocycles. The average molecular weight is 234 g/mol. The number of hydrogen-bond donors (Lipinski definition) is 3. The Balaban J connectivity index is 1.72. The number of imidazole rings is 1. The molecule has 1 fully saturated rings. The lowest BCUT2D eigenvalue weighted by molar-refractivity contribution is 0.619. The Hall–Kier alpha value is -1.62. The van der Waals surface area contributed by atoms with Crippen LogP contribution in [0.2, 0.25) is 0 Å². The summed E-state index contributed by atoms with van der Waals surface area (Å²) in [5.74, 6) is 1.05. The van der Waals surface area contributed by atoms with Crippen LogP contribution in [0, 0.1) is 11.7 Å². The monoisotopic (exact) mass is 234 g/mol. The fourth-order valence-corrected chi connectivity index (χ4v) is 1.97. The van der Waals surface area contributed by atoms with Gasteiger partial charge in [-0.25, -0.2) is 9.37 Å². The smallest absolute Gasteiger partial charge is 0.201 e. The van der Waals surface area contributed by atoms with Crippen molar-refractivity contribution in [1.29, 1.82) is 0 Å². The lowest BCUT2D eigenvalue weighted by atomic mass is 10.2. The van der Waals surface area contributed by atoms with Gasteiger partial charge in [0.1, 0.15) is 5.82 Å². The predicted octanol–water partition coefficient (Wildman–Crippen LogP) is 1.85. The number of fused-ring (bicyclic) bond motifs is 1. The zero-order valence-electron chi connectivity index (χ0n) is 9.41. The van der Waals surface area contributed by atoms with Gasteiger partial charge in [0.2, 0.25) is 5.95 Å². The van der Waals surface area contributed by atoms with Gasteiger partial charge in [0, 0.05) is 12.6 Å². The standard InChI is InChI=1S/C12H15FN4/c13-8-3-4-10-11(5-8)17-12(16-10)15-6-9(14)7-1-2-7/h3-5,7,9H,1-2,6,14H2,(H2,15,16,17). The van der Waals surface area contributed by atoms with Crippen LogP contribution in [0.15, 0.2) is 18.2 Å². The first kappa shape index (κ1) is 10.5. The second kappa shape index (κ2) is 4.00. The summed E-state index contributed by atoms with van der Waals surface area (Å²) in [5, 5.41) is 3.16. The Morgan fingerprint density at radius 2 is 2.35 bits per heavy atom. The summed E-state index contributed by atoms with van der Waals surface area (Å²) >= 11 is 0. The molecule has 4 nitrogen and oxygen atoms in total. The first-order valence-electron chi connectivity index (χ1n) is 5.87. The number of nitrogens with two attached hydrogens (primary N) is 1. The Labute approximate surface area is 98.4 Å². The molecule has 1 unspecified atom stereocenters. The van der Waals surface area contributed by atoms with Crippen LogP contribution in [0.3, 0.4) is 0 Å². The highest BCUT2D eigenvalue weighted by molar-refractivity contribution is 5.77. The summed E-state index contributed by atoms with van der Waals surface area (Å²) in [7, 11) is 0. The van der Waals surface area contributed by atoms with Crippen molar-refractivity contribution in [1.82, 2.24) is 9.97 Å². The highest BCUT2D eigenvalue weighted by atomic mass is 19.1. The molecule has 2 aromatic rings. The molecule has 0 radical (unpaired) electrons. The van der Waals surface area contributed by atoms with E-state index in [0.717, 1.165) is 5.52 Å². The molecule has 0 amide bonds. The van der Waals surface area contributed by atoms with Gasteiger partial charge in [-0.2, -0.15) is 0 Å². The van der Waals surface area contributed by atoms with Crippen LogP contribution in [0.5, 0.6) is 0 Å². The number of benzene rings is 1. The molecule has 0 spiro atoms. The largest absolute Gasteiger partial charge is 0.354 e. The molecule has 0 aliphatic heterocycles.